The quantitative estimate of drug-likeness (QED) is 0.432. The molecule has 0 aliphatic carbocycles. The number of ether oxygens (including phenoxy) is 1. The van der Waals surface area contributed by atoms with E-state index in [1.54, 1.807) is 0 Å². The van der Waals surface area contributed by atoms with Gasteiger partial charge < -0.3 is 14.9 Å². The van der Waals surface area contributed by atoms with Crippen LogP contribution in [0.25, 0.3) is 0 Å². The highest BCUT2D eigenvalue weighted by atomic mass is 16.6. The number of aliphatic hydroxyl groups excluding tert-OH is 2. The Kier molecular flexibility index (Phi) is 7.89. The first-order valence-corrected chi connectivity index (χ1v) is 4.21. The zero-order chi connectivity index (χ0) is 8.53. The van der Waals surface area contributed by atoms with E-state index in [9.17, 15) is 0 Å². The van der Waals surface area contributed by atoms with Gasteiger partial charge in [0.05, 0.1) is 13.2 Å². The smallest absolute Gasteiger partial charge is 0.154 e. The third kappa shape index (κ3) is 7.78. The molecule has 0 saturated carbocycles. The van der Waals surface area contributed by atoms with Crippen LogP contribution in [-0.2, 0) is 4.74 Å². The molecule has 0 amide bonds. The molecule has 0 heterocycles. The number of rotatable bonds is 7. The molecule has 3 nitrogen and oxygen atoms in total. The van der Waals surface area contributed by atoms with Gasteiger partial charge >= 0.3 is 0 Å². The van der Waals surface area contributed by atoms with Crippen LogP contribution >= 0.6 is 0 Å². The molecular weight excluding hydrogens is 144 g/mol. The van der Waals surface area contributed by atoms with E-state index in [1.165, 1.54) is 0 Å². The molecular formula is C8H18O3. The Morgan fingerprint density at radius 1 is 1.36 bits per heavy atom. The van der Waals surface area contributed by atoms with E-state index in [0.717, 1.165) is 19.3 Å². The summed E-state index contributed by atoms with van der Waals surface area (Å²) in [6, 6.07) is 0. The predicted octanol–water partition coefficient (Wildman–Crippen LogP) is 0.894. The minimum absolute atomic E-state index is 0.0230. The monoisotopic (exact) mass is 162 g/mol. The van der Waals surface area contributed by atoms with Gasteiger partial charge in [0.15, 0.2) is 6.29 Å². The molecule has 0 aliphatic rings. The lowest BCUT2D eigenvalue weighted by molar-refractivity contribution is -0.111. The SMILES string of the molecule is CCCCCC(O)OCCO. The summed E-state index contributed by atoms with van der Waals surface area (Å²) in [6.07, 6.45) is 3.25. The van der Waals surface area contributed by atoms with Gasteiger partial charge in [-0.05, 0) is 12.8 Å². The lowest BCUT2D eigenvalue weighted by Gasteiger charge is -2.09. The molecule has 0 saturated heterocycles. The molecule has 2 N–H and O–H groups in total. The van der Waals surface area contributed by atoms with Gasteiger partial charge in [-0.15, -0.1) is 0 Å². The standard InChI is InChI=1S/C8H18O3/c1-2-3-4-5-8(10)11-7-6-9/h8-10H,2-7H2,1H3. The molecule has 0 aliphatic heterocycles. The van der Waals surface area contributed by atoms with Gasteiger partial charge in [0, 0.05) is 0 Å². The van der Waals surface area contributed by atoms with E-state index >= 15 is 0 Å². The molecule has 11 heavy (non-hydrogen) atoms. The highest BCUT2D eigenvalue weighted by Crippen LogP contribution is 2.03. The van der Waals surface area contributed by atoms with E-state index in [1.807, 2.05) is 0 Å². The molecule has 0 bridgehead atoms. The second-order valence-corrected chi connectivity index (χ2v) is 2.54. The topological polar surface area (TPSA) is 49.7 Å². The summed E-state index contributed by atoms with van der Waals surface area (Å²) in [7, 11) is 0. The van der Waals surface area contributed by atoms with Crippen LogP contribution in [0.5, 0.6) is 0 Å². The Bertz CT molecular complexity index is 75.7. The van der Waals surface area contributed by atoms with Crippen LogP contribution in [0.15, 0.2) is 0 Å². The number of unbranched alkanes of at least 4 members (excludes halogenated alkanes) is 2. The summed E-state index contributed by atoms with van der Waals surface area (Å²) < 4.78 is 4.84. The van der Waals surface area contributed by atoms with E-state index in [2.05, 4.69) is 6.92 Å². The molecule has 0 aromatic heterocycles. The maximum atomic E-state index is 9.07. The molecule has 0 aromatic carbocycles. The average Bonchev–Trinajstić information content (AvgIpc) is 2.01. The van der Waals surface area contributed by atoms with Crippen molar-refractivity contribution in [3.63, 3.8) is 0 Å². The normalized spacial score (nSPS) is 13.4. The van der Waals surface area contributed by atoms with Crippen LogP contribution in [0, 0.1) is 0 Å². The number of hydrogen-bond donors (Lipinski definition) is 2. The lowest BCUT2D eigenvalue weighted by Crippen LogP contribution is -2.14. The van der Waals surface area contributed by atoms with Gasteiger partial charge in [-0.25, -0.2) is 0 Å². The van der Waals surface area contributed by atoms with Crippen LogP contribution < -0.4 is 0 Å². The average molecular weight is 162 g/mol. The summed E-state index contributed by atoms with van der Waals surface area (Å²) in [4.78, 5) is 0. The third-order valence-corrected chi connectivity index (χ3v) is 1.46. The second-order valence-electron chi connectivity index (χ2n) is 2.54. The summed E-state index contributed by atoms with van der Waals surface area (Å²) in [5.41, 5.74) is 0. The van der Waals surface area contributed by atoms with E-state index < -0.39 is 6.29 Å². The van der Waals surface area contributed by atoms with Crippen molar-refractivity contribution < 1.29 is 14.9 Å². The van der Waals surface area contributed by atoms with Crippen molar-refractivity contribution in [2.24, 2.45) is 0 Å². The maximum absolute atomic E-state index is 9.07. The highest BCUT2D eigenvalue weighted by Gasteiger charge is 2.01. The van der Waals surface area contributed by atoms with E-state index in [-0.39, 0.29) is 13.2 Å². The zero-order valence-electron chi connectivity index (χ0n) is 7.12. The van der Waals surface area contributed by atoms with Crippen LogP contribution in [0.2, 0.25) is 0 Å². The number of aliphatic hydroxyl groups is 2. The van der Waals surface area contributed by atoms with Crippen LogP contribution in [-0.4, -0.2) is 29.7 Å². The minimum Gasteiger partial charge on any atom is -0.394 e. The fourth-order valence-corrected chi connectivity index (χ4v) is 0.841. The van der Waals surface area contributed by atoms with E-state index in [0.29, 0.717) is 6.42 Å². The lowest BCUT2D eigenvalue weighted by atomic mass is 10.2. The van der Waals surface area contributed by atoms with Crippen molar-refractivity contribution in [3.05, 3.63) is 0 Å². The third-order valence-electron chi connectivity index (χ3n) is 1.46. The van der Waals surface area contributed by atoms with Gasteiger partial charge in [-0.1, -0.05) is 19.8 Å². The second kappa shape index (κ2) is 7.98. The van der Waals surface area contributed by atoms with Crippen molar-refractivity contribution in [2.45, 2.75) is 38.9 Å². The Morgan fingerprint density at radius 2 is 2.09 bits per heavy atom. The minimum atomic E-state index is -0.686. The first kappa shape index (κ1) is 10.9. The molecule has 0 aromatic rings. The Labute approximate surface area is 68.0 Å². The summed E-state index contributed by atoms with van der Waals surface area (Å²) >= 11 is 0. The Balaban J connectivity index is 3.02. The van der Waals surface area contributed by atoms with Gasteiger partial charge in [0.1, 0.15) is 0 Å². The van der Waals surface area contributed by atoms with Crippen LogP contribution in [0.4, 0.5) is 0 Å². The van der Waals surface area contributed by atoms with Gasteiger partial charge in [-0.2, -0.15) is 0 Å². The largest absolute Gasteiger partial charge is 0.394 e. The highest BCUT2D eigenvalue weighted by molar-refractivity contribution is 4.43. The summed E-state index contributed by atoms with van der Waals surface area (Å²) in [5, 5.41) is 17.4. The van der Waals surface area contributed by atoms with Crippen molar-refractivity contribution >= 4 is 0 Å². The van der Waals surface area contributed by atoms with E-state index in [4.69, 9.17) is 14.9 Å². The van der Waals surface area contributed by atoms with Crippen molar-refractivity contribution in [2.75, 3.05) is 13.2 Å². The maximum Gasteiger partial charge on any atom is 0.154 e. The molecule has 3 heteroatoms. The van der Waals surface area contributed by atoms with Crippen LogP contribution in [0.3, 0.4) is 0 Å². The molecule has 0 spiro atoms. The fraction of sp³-hybridized carbons (Fsp3) is 1.00. The molecule has 1 atom stereocenters. The predicted molar refractivity (Wildman–Crippen MR) is 43.2 cm³/mol. The number of hydrogen-bond acceptors (Lipinski definition) is 3. The van der Waals surface area contributed by atoms with Crippen molar-refractivity contribution in [1.82, 2.24) is 0 Å². The van der Waals surface area contributed by atoms with Gasteiger partial charge in [-0.3, -0.25) is 0 Å². The van der Waals surface area contributed by atoms with Crippen LogP contribution in [0.1, 0.15) is 32.6 Å². The van der Waals surface area contributed by atoms with Gasteiger partial charge in [0.2, 0.25) is 0 Å². The molecule has 68 valence electrons. The fourth-order valence-electron chi connectivity index (χ4n) is 0.841. The van der Waals surface area contributed by atoms with Crippen molar-refractivity contribution in [3.8, 4) is 0 Å². The first-order chi connectivity index (χ1) is 5.31. The first-order valence-electron chi connectivity index (χ1n) is 4.21. The summed E-state index contributed by atoms with van der Waals surface area (Å²) in [6.45, 7) is 2.32. The zero-order valence-corrected chi connectivity index (χ0v) is 7.12. The molecule has 0 fully saturated rings. The molecule has 1 unspecified atom stereocenters. The molecule has 0 rings (SSSR count). The molecule has 0 radical (unpaired) electrons. The Morgan fingerprint density at radius 3 is 2.64 bits per heavy atom. The van der Waals surface area contributed by atoms with Gasteiger partial charge in [0.25, 0.3) is 0 Å². The Hall–Kier alpha value is -0.120. The van der Waals surface area contributed by atoms with Crippen molar-refractivity contribution in [1.29, 1.82) is 0 Å². The summed E-state index contributed by atoms with van der Waals surface area (Å²) in [5.74, 6) is 0.